The topological polar surface area (TPSA) is 74.4 Å². The molecule has 3 fully saturated rings. The number of aromatic nitrogens is 1. The van der Waals surface area contributed by atoms with E-state index in [-0.39, 0.29) is 17.6 Å². The summed E-state index contributed by atoms with van der Waals surface area (Å²) in [7, 11) is 0. The van der Waals surface area contributed by atoms with Gasteiger partial charge in [0.25, 0.3) is 5.91 Å². The van der Waals surface area contributed by atoms with Crippen LogP contribution in [0.4, 0.5) is 0 Å². The smallest absolute Gasteiger partial charge is 0.267 e. The molecule has 1 aliphatic carbocycles. The van der Waals surface area contributed by atoms with Crippen LogP contribution in [-0.2, 0) is 9.53 Å². The lowest BCUT2D eigenvalue weighted by molar-refractivity contribution is -0.138. The van der Waals surface area contributed by atoms with E-state index in [1.165, 1.54) is 5.56 Å². The van der Waals surface area contributed by atoms with Gasteiger partial charge in [-0.3, -0.25) is 9.59 Å². The van der Waals surface area contributed by atoms with Crippen molar-refractivity contribution in [3.8, 4) is 0 Å². The van der Waals surface area contributed by atoms with Gasteiger partial charge in [0.1, 0.15) is 5.69 Å². The monoisotopic (exact) mass is 395 g/mol. The summed E-state index contributed by atoms with van der Waals surface area (Å²) >= 11 is 0. The minimum absolute atomic E-state index is 0.0521. The second kappa shape index (κ2) is 7.17. The number of benzene rings is 1. The third-order valence-electron chi connectivity index (χ3n) is 6.76. The zero-order valence-electron chi connectivity index (χ0n) is 17.0. The van der Waals surface area contributed by atoms with Gasteiger partial charge in [-0.15, -0.1) is 0 Å². The molecule has 1 unspecified atom stereocenters. The molecule has 2 saturated heterocycles. The predicted molar refractivity (Wildman–Crippen MR) is 111 cm³/mol. The number of H-pyrrole nitrogens is 1. The molecular formula is C23H29N3O3. The van der Waals surface area contributed by atoms with Gasteiger partial charge in [0, 0.05) is 36.5 Å². The van der Waals surface area contributed by atoms with Crippen LogP contribution in [0.25, 0.3) is 10.9 Å². The molecule has 154 valence electrons. The van der Waals surface area contributed by atoms with E-state index in [4.69, 9.17) is 4.74 Å². The maximum Gasteiger partial charge on any atom is 0.267 e. The molecule has 2 aliphatic heterocycles. The number of hydrogen-bond acceptors (Lipinski definition) is 3. The average Bonchev–Trinajstić information content (AvgIpc) is 3.38. The standard InChI is InChI=1S/C23H29N3O3/c1-15-2-5-19-17(12-15)13-20(25-19)21(27)24-14-18-6-7-23(29-18)8-10-26(11-9-23)22(28)16-3-4-16/h2,5,12-13,16,18,25H,3-4,6-11,14H2,1H3,(H,24,27). The van der Waals surface area contributed by atoms with Crippen molar-refractivity contribution in [1.29, 1.82) is 0 Å². The van der Waals surface area contributed by atoms with Crippen molar-refractivity contribution in [1.82, 2.24) is 15.2 Å². The molecule has 1 aromatic heterocycles. The van der Waals surface area contributed by atoms with Crippen molar-refractivity contribution in [2.24, 2.45) is 5.92 Å². The summed E-state index contributed by atoms with van der Waals surface area (Å²) < 4.78 is 6.39. The van der Waals surface area contributed by atoms with Crippen LogP contribution in [0.1, 0.15) is 54.6 Å². The molecule has 6 nitrogen and oxygen atoms in total. The Labute approximate surface area is 171 Å². The molecule has 2 aromatic rings. The first kappa shape index (κ1) is 18.7. The number of aryl methyl sites for hydroxylation is 1. The van der Waals surface area contributed by atoms with E-state index in [2.05, 4.69) is 16.4 Å². The fourth-order valence-corrected chi connectivity index (χ4v) is 4.81. The van der Waals surface area contributed by atoms with E-state index in [0.29, 0.717) is 24.1 Å². The number of piperidine rings is 1. The number of carbonyl (C=O) groups is 2. The molecule has 1 saturated carbocycles. The highest BCUT2D eigenvalue weighted by atomic mass is 16.5. The number of hydrogen-bond donors (Lipinski definition) is 2. The van der Waals surface area contributed by atoms with Crippen LogP contribution in [0.5, 0.6) is 0 Å². The molecule has 1 atom stereocenters. The van der Waals surface area contributed by atoms with Gasteiger partial charge >= 0.3 is 0 Å². The number of nitrogens with zero attached hydrogens (tertiary/aromatic N) is 1. The number of likely N-dealkylation sites (tertiary alicyclic amines) is 1. The first-order chi connectivity index (χ1) is 14.0. The first-order valence-corrected chi connectivity index (χ1v) is 10.9. The SMILES string of the molecule is Cc1ccc2[nH]c(C(=O)NCC3CCC4(CCN(C(=O)C5CC5)CC4)O3)cc2c1. The number of rotatable bonds is 4. The van der Waals surface area contributed by atoms with Crippen molar-refractivity contribution >= 4 is 22.7 Å². The summed E-state index contributed by atoms with van der Waals surface area (Å²) in [5.41, 5.74) is 2.64. The fraction of sp³-hybridized carbons (Fsp3) is 0.565. The maximum atomic E-state index is 12.6. The summed E-state index contributed by atoms with van der Waals surface area (Å²) in [6, 6.07) is 8.02. The molecule has 3 aliphatic rings. The lowest BCUT2D eigenvalue weighted by Crippen LogP contribution is -2.47. The predicted octanol–water partition coefficient (Wildman–Crippen LogP) is 3.16. The highest BCUT2D eigenvalue weighted by Crippen LogP contribution is 2.40. The van der Waals surface area contributed by atoms with E-state index < -0.39 is 0 Å². The van der Waals surface area contributed by atoms with Crippen LogP contribution in [0.2, 0.25) is 0 Å². The number of fused-ring (bicyclic) bond motifs is 1. The molecule has 29 heavy (non-hydrogen) atoms. The molecule has 3 heterocycles. The average molecular weight is 396 g/mol. The minimum atomic E-state index is -0.103. The maximum absolute atomic E-state index is 12.6. The Morgan fingerprint density at radius 3 is 2.72 bits per heavy atom. The Bertz CT molecular complexity index is 938. The zero-order chi connectivity index (χ0) is 20.0. The first-order valence-electron chi connectivity index (χ1n) is 10.9. The van der Waals surface area contributed by atoms with Crippen molar-refractivity contribution in [2.45, 2.75) is 57.2 Å². The molecule has 1 spiro atoms. The zero-order valence-corrected chi connectivity index (χ0v) is 17.0. The number of nitrogens with one attached hydrogen (secondary N) is 2. The molecule has 0 bridgehead atoms. The Morgan fingerprint density at radius 1 is 1.17 bits per heavy atom. The van der Waals surface area contributed by atoms with E-state index in [1.54, 1.807) is 0 Å². The highest BCUT2D eigenvalue weighted by Gasteiger charge is 2.44. The molecule has 6 heteroatoms. The largest absolute Gasteiger partial charge is 0.370 e. The van der Waals surface area contributed by atoms with Gasteiger partial charge in [-0.25, -0.2) is 0 Å². The van der Waals surface area contributed by atoms with Crippen molar-refractivity contribution < 1.29 is 14.3 Å². The Morgan fingerprint density at radius 2 is 1.97 bits per heavy atom. The van der Waals surface area contributed by atoms with Gasteiger partial charge in [-0.1, -0.05) is 11.6 Å². The van der Waals surface area contributed by atoms with Crippen LogP contribution < -0.4 is 5.32 Å². The lowest BCUT2D eigenvalue weighted by Gasteiger charge is -2.39. The number of amides is 2. The minimum Gasteiger partial charge on any atom is -0.370 e. The van der Waals surface area contributed by atoms with E-state index >= 15 is 0 Å². The summed E-state index contributed by atoms with van der Waals surface area (Å²) in [6.07, 6.45) is 5.99. The van der Waals surface area contributed by atoms with Gasteiger partial charge in [0.05, 0.1) is 11.7 Å². The Kier molecular flexibility index (Phi) is 4.62. The Hall–Kier alpha value is -2.34. The summed E-state index contributed by atoms with van der Waals surface area (Å²) in [5.74, 6) is 0.550. The summed E-state index contributed by atoms with van der Waals surface area (Å²) in [5, 5.41) is 4.08. The van der Waals surface area contributed by atoms with E-state index in [1.807, 2.05) is 30.0 Å². The number of carbonyl (C=O) groups excluding carboxylic acids is 2. The molecule has 0 radical (unpaired) electrons. The van der Waals surface area contributed by atoms with Crippen molar-refractivity contribution in [3.05, 3.63) is 35.5 Å². The van der Waals surface area contributed by atoms with Gasteiger partial charge in [0.2, 0.25) is 5.91 Å². The lowest BCUT2D eigenvalue weighted by atomic mass is 9.88. The quantitative estimate of drug-likeness (QED) is 0.835. The number of ether oxygens (including phenoxy) is 1. The summed E-state index contributed by atoms with van der Waals surface area (Å²) in [6.45, 7) is 4.19. The normalized spacial score (nSPS) is 23.6. The van der Waals surface area contributed by atoms with Gasteiger partial charge in [0.15, 0.2) is 0 Å². The third-order valence-corrected chi connectivity index (χ3v) is 6.76. The second-order valence-corrected chi connectivity index (χ2v) is 9.04. The van der Waals surface area contributed by atoms with E-state index in [0.717, 1.165) is 62.5 Å². The molecule has 2 N–H and O–H groups in total. The van der Waals surface area contributed by atoms with Crippen LogP contribution >= 0.6 is 0 Å². The molecule has 2 amide bonds. The molecule has 5 rings (SSSR count). The van der Waals surface area contributed by atoms with Gasteiger partial charge in [-0.2, -0.15) is 0 Å². The van der Waals surface area contributed by atoms with E-state index in [9.17, 15) is 9.59 Å². The van der Waals surface area contributed by atoms with Crippen LogP contribution in [0.3, 0.4) is 0 Å². The van der Waals surface area contributed by atoms with Crippen LogP contribution in [0.15, 0.2) is 24.3 Å². The van der Waals surface area contributed by atoms with Crippen LogP contribution in [0, 0.1) is 12.8 Å². The highest BCUT2D eigenvalue weighted by molar-refractivity contribution is 5.98. The second-order valence-electron chi connectivity index (χ2n) is 9.04. The van der Waals surface area contributed by atoms with Gasteiger partial charge < -0.3 is 19.9 Å². The molecular weight excluding hydrogens is 366 g/mol. The van der Waals surface area contributed by atoms with Crippen LogP contribution in [-0.4, -0.2) is 53.0 Å². The van der Waals surface area contributed by atoms with Crippen molar-refractivity contribution in [3.63, 3.8) is 0 Å². The van der Waals surface area contributed by atoms with Crippen molar-refractivity contribution in [2.75, 3.05) is 19.6 Å². The third kappa shape index (κ3) is 3.78. The molecule has 1 aromatic carbocycles. The van der Waals surface area contributed by atoms with Gasteiger partial charge in [-0.05, 0) is 63.6 Å². The summed E-state index contributed by atoms with van der Waals surface area (Å²) in [4.78, 5) is 30.0. The Balaban J connectivity index is 1.13. The number of aromatic amines is 1. The fourth-order valence-electron chi connectivity index (χ4n) is 4.81.